The lowest BCUT2D eigenvalue weighted by atomic mass is 10.2. The Kier molecular flexibility index (Phi) is 13.2. The number of nitrogens with one attached hydrogen (secondary N) is 1. The molecule has 0 aliphatic rings. The Hall–Kier alpha value is -0.160. The molecule has 4 nitrogen and oxygen atoms in total. The maximum atomic E-state index is 5.39. The minimum atomic E-state index is 0.655. The number of hydrogen-bond acceptors (Lipinski definition) is 4. The first-order chi connectivity index (χ1) is 8.68. The molecule has 0 saturated heterocycles. The Morgan fingerprint density at radius 2 is 1.72 bits per heavy atom. The molecule has 0 unspecified atom stereocenters. The summed E-state index contributed by atoms with van der Waals surface area (Å²) in [6, 6.07) is 0.655. The molecule has 0 saturated carbocycles. The number of ether oxygens (including phenoxy) is 2. The smallest absolute Gasteiger partial charge is 0.0700 e. The molecule has 0 bridgehead atoms. The second kappa shape index (κ2) is 13.3. The Morgan fingerprint density at radius 1 is 1.00 bits per heavy atom. The van der Waals surface area contributed by atoms with Gasteiger partial charge in [-0.2, -0.15) is 0 Å². The van der Waals surface area contributed by atoms with Crippen molar-refractivity contribution < 1.29 is 9.47 Å². The van der Waals surface area contributed by atoms with Gasteiger partial charge in [0, 0.05) is 19.8 Å². The van der Waals surface area contributed by atoms with Crippen LogP contribution < -0.4 is 5.32 Å². The summed E-state index contributed by atoms with van der Waals surface area (Å²) in [5, 5.41) is 3.45. The van der Waals surface area contributed by atoms with Crippen LogP contribution in [0.2, 0.25) is 0 Å². The Labute approximate surface area is 113 Å². The summed E-state index contributed by atoms with van der Waals surface area (Å²) in [4.78, 5) is 2.39. The first kappa shape index (κ1) is 17.8. The molecule has 0 heterocycles. The second-order valence-corrected chi connectivity index (χ2v) is 4.99. The van der Waals surface area contributed by atoms with Gasteiger partial charge in [0.15, 0.2) is 0 Å². The van der Waals surface area contributed by atoms with Crippen LogP contribution in [0.15, 0.2) is 0 Å². The van der Waals surface area contributed by atoms with Crippen LogP contribution in [0.5, 0.6) is 0 Å². The zero-order valence-corrected chi connectivity index (χ0v) is 12.7. The van der Waals surface area contributed by atoms with E-state index in [1.54, 1.807) is 7.11 Å². The van der Waals surface area contributed by atoms with Crippen molar-refractivity contribution in [2.75, 3.05) is 53.6 Å². The molecule has 110 valence electrons. The van der Waals surface area contributed by atoms with Crippen LogP contribution in [0.3, 0.4) is 0 Å². The van der Waals surface area contributed by atoms with Gasteiger partial charge in [0.05, 0.1) is 13.2 Å². The number of hydrogen-bond donors (Lipinski definition) is 1. The summed E-state index contributed by atoms with van der Waals surface area (Å²) in [5.74, 6) is 0. The quantitative estimate of drug-likeness (QED) is 0.512. The lowest BCUT2D eigenvalue weighted by Crippen LogP contribution is -2.28. The van der Waals surface area contributed by atoms with Crippen molar-refractivity contribution in [2.45, 2.75) is 39.2 Å². The average Bonchev–Trinajstić information content (AvgIpc) is 2.35. The van der Waals surface area contributed by atoms with E-state index in [0.717, 1.165) is 26.1 Å². The van der Waals surface area contributed by atoms with Crippen molar-refractivity contribution in [3.63, 3.8) is 0 Å². The fraction of sp³-hybridized carbons (Fsp3) is 1.00. The van der Waals surface area contributed by atoms with Crippen molar-refractivity contribution in [2.24, 2.45) is 0 Å². The molecule has 0 fully saturated rings. The zero-order valence-electron chi connectivity index (χ0n) is 12.7. The van der Waals surface area contributed by atoms with Crippen molar-refractivity contribution >= 4 is 0 Å². The standard InChI is InChI=1S/C14H32N2O2/c1-14(2)16(3)10-6-5-8-15-9-7-11-18-13-12-17-4/h14-15H,5-13H2,1-4H3. The van der Waals surface area contributed by atoms with E-state index in [1.165, 1.54) is 19.4 Å². The summed E-state index contributed by atoms with van der Waals surface area (Å²) in [6.07, 6.45) is 3.60. The Balaban J connectivity index is 3.03. The minimum absolute atomic E-state index is 0.655. The highest BCUT2D eigenvalue weighted by atomic mass is 16.5. The molecule has 0 atom stereocenters. The predicted molar refractivity (Wildman–Crippen MR) is 77.2 cm³/mol. The number of unbranched alkanes of at least 4 members (excludes halogenated alkanes) is 1. The van der Waals surface area contributed by atoms with Crippen LogP contribution in [-0.4, -0.2) is 64.6 Å². The Morgan fingerprint density at radius 3 is 2.39 bits per heavy atom. The van der Waals surface area contributed by atoms with Crippen LogP contribution in [0.4, 0.5) is 0 Å². The molecule has 0 rings (SSSR count). The van der Waals surface area contributed by atoms with Crippen LogP contribution in [0, 0.1) is 0 Å². The SMILES string of the molecule is COCCOCCCNCCCCN(C)C(C)C. The first-order valence-corrected chi connectivity index (χ1v) is 7.16. The topological polar surface area (TPSA) is 33.7 Å². The largest absolute Gasteiger partial charge is 0.382 e. The van der Waals surface area contributed by atoms with Crippen molar-refractivity contribution in [1.82, 2.24) is 10.2 Å². The van der Waals surface area contributed by atoms with E-state index in [4.69, 9.17) is 9.47 Å². The molecule has 1 N–H and O–H groups in total. The summed E-state index contributed by atoms with van der Waals surface area (Å²) in [5.41, 5.74) is 0. The molecule has 0 aliphatic carbocycles. The van der Waals surface area contributed by atoms with E-state index < -0.39 is 0 Å². The van der Waals surface area contributed by atoms with Gasteiger partial charge in [0.1, 0.15) is 0 Å². The van der Waals surface area contributed by atoms with E-state index >= 15 is 0 Å². The molecule has 0 aromatic rings. The maximum Gasteiger partial charge on any atom is 0.0700 e. The highest BCUT2D eigenvalue weighted by molar-refractivity contribution is 4.57. The molecule has 4 heteroatoms. The van der Waals surface area contributed by atoms with Gasteiger partial charge in [-0.1, -0.05) is 0 Å². The predicted octanol–water partition coefficient (Wildman–Crippen LogP) is 1.75. The monoisotopic (exact) mass is 260 g/mol. The number of nitrogens with zero attached hydrogens (tertiary/aromatic N) is 1. The number of rotatable bonds is 13. The first-order valence-electron chi connectivity index (χ1n) is 7.16. The second-order valence-electron chi connectivity index (χ2n) is 4.99. The lowest BCUT2D eigenvalue weighted by molar-refractivity contribution is 0.0695. The molecule has 0 amide bonds. The molecule has 0 spiro atoms. The van der Waals surface area contributed by atoms with Gasteiger partial charge in [-0.15, -0.1) is 0 Å². The maximum absolute atomic E-state index is 5.39. The summed E-state index contributed by atoms with van der Waals surface area (Å²) in [6.45, 7) is 10.1. The van der Waals surface area contributed by atoms with Crippen molar-refractivity contribution in [3.8, 4) is 0 Å². The third-order valence-corrected chi connectivity index (χ3v) is 3.07. The molecule has 0 aliphatic heterocycles. The van der Waals surface area contributed by atoms with Crippen LogP contribution in [0.1, 0.15) is 33.1 Å². The van der Waals surface area contributed by atoms with Gasteiger partial charge in [0.2, 0.25) is 0 Å². The number of methoxy groups -OCH3 is 1. The van der Waals surface area contributed by atoms with Crippen molar-refractivity contribution in [3.05, 3.63) is 0 Å². The van der Waals surface area contributed by atoms with Gasteiger partial charge < -0.3 is 19.7 Å². The fourth-order valence-corrected chi connectivity index (χ4v) is 1.54. The third kappa shape index (κ3) is 12.3. The molecule has 0 aromatic carbocycles. The molecule has 0 aromatic heterocycles. The molecule has 0 radical (unpaired) electrons. The lowest BCUT2D eigenvalue weighted by Gasteiger charge is -2.20. The summed E-state index contributed by atoms with van der Waals surface area (Å²) in [7, 11) is 3.89. The highest BCUT2D eigenvalue weighted by Crippen LogP contribution is 1.97. The molecule has 18 heavy (non-hydrogen) atoms. The summed E-state index contributed by atoms with van der Waals surface area (Å²) < 4.78 is 10.3. The summed E-state index contributed by atoms with van der Waals surface area (Å²) >= 11 is 0. The highest BCUT2D eigenvalue weighted by Gasteiger charge is 2.01. The van der Waals surface area contributed by atoms with Crippen LogP contribution in [-0.2, 0) is 9.47 Å². The zero-order chi connectivity index (χ0) is 13.6. The minimum Gasteiger partial charge on any atom is -0.382 e. The van der Waals surface area contributed by atoms with Crippen LogP contribution >= 0.6 is 0 Å². The van der Waals surface area contributed by atoms with Gasteiger partial charge in [-0.25, -0.2) is 0 Å². The van der Waals surface area contributed by atoms with Gasteiger partial charge in [-0.05, 0) is 59.8 Å². The average molecular weight is 260 g/mol. The van der Waals surface area contributed by atoms with E-state index in [9.17, 15) is 0 Å². The van der Waals surface area contributed by atoms with Gasteiger partial charge in [0.25, 0.3) is 0 Å². The van der Waals surface area contributed by atoms with Crippen molar-refractivity contribution in [1.29, 1.82) is 0 Å². The van der Waals surface area contributed by atoms with Gasteiger partial charge >= 0.3 is 0 Å². The van der Waals surface area contributed by atoms with E-state index in [2.05, 4.69) is 31.1 Å². The third-order valence-electron chi connectivity index (χ3n) is 3.07. The van der Waals surface area contributed by atoms with Gasteiger partial charge in [-0.3, -0.25) is 0 Å². The molecular weight excluding hydrogens is 228 g/mol. The van der Waals surface area contributed by atoms with E-state index in [-0.39, 0.29) is 0 Å². The Bertz CT molecular complexity index is 166. The van der Waals surface area contributed by atoms with E-state index in [0.29, 0.717) is 19.3 Å². The normalized spacial score (nSPS) is 11.7. The molecular formula is C14H32N2O2. The van der Waals surface area contributed by atoms with Crippen LogP contribution in [0.25, 0.3) is 0 Å². The fourth-order valence-electron chi connectivity index (χ4n) is 1.54. The van der Waals surface area contributed by atoms with E-state index in [1.807, 2.05) is 0 Å².